The van der Waals surface area contributed by atoms with E-state index in [2.05, 4.69) is 5.32 Å². The lowest BCUT2D eigenvalue weighted by molar-refractivity contribution is -0.138. The van der Waals surface area contributed by atoms with Gasteiger partial charge in [0.1, 0.15) is 11.9 Å². The Bertz CT molecular complexity index is 626. The lowest BCUT2D eigenvalue weighted by atomic mass is 9.95. The molecule has 0 aromatic heterocycles. The molecule has 27 heavy (non-hydrogen) atoms. The normalized spacial score (nSPS) is 20.6. The fraction of sp³-hybridized carbons (Fsp3) is 0.636. The molecule has 2 fully saturated rings. The minimum atomic E-state index is -0.281. The summed E-state index contributed by atoms with van der Waals surface area (Å²) in [4.78, 5) is 27.0. The Kier molecular flexibility index (Phi) is 7.25. The van der Waals surface area contributed by atoms with E-state index in [1.54, 1.807) is 17.0 Å². The summed E-state index contributed by atoms with van der Waals surface area (Å²) < 4.78 is 12.9. The first-order valence-electron chi connectivity index (χ1n) is 10.5. The molecule has 1 aromatic carbocycles. The molecule has 4 nitrogen and oxygen atoms in total. The second-order valence-electron chi connectivity index (χ2n) is 7.92. The number of aryl methyl sites for hydroxylation is 1. The molecule has 1 saturated heterocycles. The SMILES string of the molecule is O=C(NC1CCCCC1)[C@@H]1CCCN1C(=O)CCCCc1ccc(F)cc1. The van der Waals surface area contributed by atoms with Gasteiger partial charge in [0.05, 0.1) is 0 Å². The van der Waals surface area contributed by atoms with Crippen molar-refractivity contribution in [2.45, 2.75) is 82.7 Å². The molecule has 3 rings (SSSR count). The van der Waals surface area contributed by atoms with Crippen LogP contribution in [0.3, 0.4) is 0 Å². The third kappa shape index (κ3) is 5.78. The van der Waals surface area contributed by atoms with Gasteiger partial charge in [-0.2, -0.15) is 0 Å². The van der Waals surface area contributed by atoms with Crippen LogP contribution in [0.5, 0.6) is 0 Å². The first-order valence-corrected chi connectivity index (χ1v) is 10.5. The van der Waals surface area contributed by atoms with E-state index in [4.69, 9.17) is 0 Å². The summed E-state index contributed by atoms with van der Waals surface area (Å²) in [6, 6.07) is 6.54. The monoisotopic (exact) mass is 374 g/mol. The largest absolute Gasteiger partial charge is 0.352 e. The van der Waals surface area contributed by atoms with E-state index in [1.165, 1.54) is 31.4 Å². The van der Waals surface area contributed by atoms with Crippen LogP contribution in [0.1, 0.15) is 69.8 Å². The number of nitrogens with zero attached hydrogens (tertiary/aromatic N) is 1. The van der Waals surface area contributed by atoms with E-state index < -0.39 is 0 Å². The van der Waals surface area contributed by atoms with Crippen LogP contribution < -0.4 is 5.32 Å². The number of nitrogens with one attached hydrogen (secondary N) is 1. The van der Waals surface area contributed by atoms with Crippen LogP contribution >= 0.6 is 0 Å². The van der Waals surface area contributed by atoms with Gasteiger partial charge in [-0.1, -0.05) is 31.4 Å². The molecule has 2 amide bonds. The smallest absolute Gasteiger partial charge is 0.243 e. The molecule has 1 saturated carbocycles. The molecule has 148 valence electrons. The summed E-state index contributed by atoms with van der Waals surface area (Å²) in [5, 5.41) is 3.18. The molecule has 1 N–H and O–H groups in total. The Morgan fingerprint density at radius 1 is 1.00 bits per heavy atom. The maximum Gasteiger partial charge on any atom is 0.243 e. The molecule has 1 atom stereocenters. The van der Waals surface area contributed by atoms with E-state index in [9.17, 15) is 14.0 Å². The number of hydrogen-bond donors (Lipinski definition) is 1. The van der Waals surface area contributed by atoms with Gasteiger partial charge in [-0.25, -0.2) is 4.39 Å². The number of halogens is 1. The molecule has 2 aliphatic rings. The van der Waals surface area contributed by atoms with Crippen LogP contribution in [0, 0.1) is 5.82 Å². The summed E-state index contributed by atoms with van der Waals surface area (Å²) in [7, 11) is 0. The second-order valence-corrected chi connectivity index (χ2v) is 7.92. The highest BCUT2D eigenvalue weighted by atomic mass is 19.1. The summed E-state index contributed by atoms with van der Waals surface area (Å²) in [5.41, 5.74) is 1.09. The summed E-state index contributed by atoms with van der Waals surface area (Å²) >= 11 is 0. The van der Waals surface area contributed by atoms with Crippen LogP contribution in [0.15, 0.2) is 24.3 Å². The average molecular weight is 375 g/mol. The molecular weight excluding hydrogens is 343 g/mol. The fourth-order valence-electron chi connectivity index (χ4n) is 4.28. The molecule has 0 bridgehead atoms. The Morgan fingerprint density at radius 3 is 2.48 bits per heavy atom. The van der Waals surface area contributed by atoms with Crippen molar-refractivity contribution in [2.24, 2.45) is 0 Å². The van der Waals surface area contributed by atoms with E-state index >= 15 is 0 Å². The van der Waals surface area contributed by atoms with Gasteiger partial charge in [-0.15, -0.1) is 0 Å². The van der Waals surface area contributed by atoms with Crippen molar-refractivity contribution in [1.82, 2.24) is 10.2 Å². The quantitative estimate of drug-likeness (QED) is 0.734. The molecule has 1 aliphatic heterocycles. The first-order chi connectivity index (χ1) is 13.1. The predicted octanol–water partition coefficient (Wildman–Crippen LogP) is 3.98. The number of unbranched alkanes of at least 4 members (excludes halogenated alkanes) is 1. The zero-order chi connectivity index (χ0) is 19.1. The van der Waals surface area contributed by atoms with Crippen LogP contribution in [-0.4, -0.2) is 35.3 Å². The fourth-order valence-corrected chi connectivity index (χ4v) is 4.28. The van der Waals surface area contributed by atoms with Gasteiger partial charge in [0, 0.05) is 19.0 Å². The Balaban J connectivity index is 1.41. The van der Waals surface area contributed by atoms with Gasteiger partial charge in [-0.3, -0.25) is 9.59 Å². The molecule has 0 radical (unpaired) electrons. The molecule has 1 aromatic rings. The van der Waals surface area contributed by atoms with Gasteiger partial charge in [0.2, 0.25) is 11.8 Å². The van der Waals surface area contributed by atoms with Crippen LogP contribution in [-0.2, 0) is 16.0 Å². The summed E-state index contributed by atoms with van der Waals surface area (Å²) in [6.45, 7) is 0.694. The number of carbonyl (C=O) groups is 2. The molecule has 5 heteroatoms. The molecule has 1 aliphatic carbocycles. The second kappa shape index (κ2) is 9.86. The van der Waals surface area contributed by atoms with Gasteiger partial charge < -0.3 is 10.2 Å². The van der Waals surface area contributed by atoms with Gasteiger partial charge in [0.15, 0.2) is 0 Å². The Morgan fingerprint density at radius 2 is 1.74 bits per heavy atom. The van der Waals surface area contributed by atoms with Crippen LogP contribution in [0.25, 0.3) is 0 Å². The number of hydrogen-bond acceptors (Lipinski definition) is 2. The van der Waals surface area contributed by atoms with Crippen molar-refractivity contribution >= 4 is 11.8 Å². The lowest BCUT2D eigenvalue weighted by Gasteiger charge is -2.28. The Hall–Kier alpha value is -1.91. The molecule has 0 spiro atoms. The van der Waals surface area contributed by atoms with Gasteiger partial charge >= 0.3 is 0 Å². The third-order valence-electron chi connectivity index (χ3n) is 5.85. The molecular formula is C22H31FN2O2. The predicted molar refractivity (Wildman–Crippen MR) is 104 cm³/mol. The van der Waals surface area contributed by atoms with E-state index in [0.29, 0.717) is 19.0 Å². The molecule has 1 heterocycles. The maximum absolute atomic E-state index is 12.9. The Labute approximate surface area is 161 Å². The van der Waals surface area contributed by atoms with E-state index in [0.717, 1.165) is 50.5 Å². The van der Waals surface area contributed by atoms with Crippen molar-refractivity contribution in [1.29, 1.82) is 0 Å². The van der Waals surface area contributed by atoms with Crippen molar-refractivity contribution in [3.63, 3.8) is 0 Å². The van der Waals surface area contributed by atoms with Crippen LogP contribution in [0.4, 0.5) is 4.39 Å². The van der Waals surface area contributed by atoms with Crippen molar-refractivity contribution in [3.05, 3.63) is 35.6 Å². The number of likely N-dealkylation sites (tertiary alicyclic amines) is 1. The average Bonchev–Trinajstić information content (AvgIpc) is 3.17. The lowest BCUT2D eigenvalue weighted by Crippen LogP contribution is -2.49. The minimum absolute atomic E-state index is 0.0408. The maximum atomic E-state index is 12.9. The number of rotatable bonds is 7. The zero-order valence-corrected chi connectivity index (χ0v) is 16.1. The summed E-state index contributed by atoms with van der Waals surface area (Å²) in [5.74, 6) is -0.0880. The highest BCUT2D eigenvalue weighted by Gasteiger charge is 2.34. The van der Waals surface area contributed by atoms with E-state index in [1.807, 2.05) is 0 Å². The number of carbonyl (C=O) groups excluding carboxylic acids is 2. The van der Waals surface area contributed by atoms with Crippen molar-refractivity contribution in [3.8, 4) is 0 Å². The number of amides is 2. The van der Waals surface area contributed by atoms with Gasteiger partial charge in [-0.05, 0) is 62.6 Å². The van der Waals surface area contributed by atoms with Crippen molar-refractivity contribution in [2.75, 3.05) is 6.54 Å². The standard InChI is InChI=1S/C22H31FN2O2/c23-18-14-12-17(13-15-18)7-4-5-11-21(26)25-16-6-10-20(25)22(27)24-19-8-2-1-3-9-19/h12-15,19-20H,1-11,16H2,(H,24,27)/t20-/m0/s1. The highest BCUT2D eigenvalue weighted by Crippen LogP contribution is 2.22. The topological polar surface area (TPSA) is 49.4 Å². The molecule has 0 unspecified atom stereocenters. The zero-order valence-electron chi connectivity index (χ0n) is 16.1. The van der Waals surface area contributed by atoms with Crippen molar-refractivity contribution < 1.29 is 14.0 Å². The highest BCUT2D eigenvalue weighted by molar-refractivity contribution is 5.88. The van der Waals surface area contributed by atoms with Crippen LogP contribution in [0.2, 0.25) is 0 Å². The minimum Gasteiger partial charge on any atom is -0.352 e. The number of benzene rings is 1. The van der Waals surface area contributed by atoms with Gasteiger partial charge in [0.25, 0.3) is 0 Å². The first kappa shape index (κ1) is 19.8. The van der Waals surface area contributed by atoms with E-state index in [-0.39, 0.29) is 23.7 Å². The third-order valence-corrected chi connectivity index (χ3v) is 5.85. The summed E-state index contributed by atoms with van der Waals surface area (Å²) in [6.07, 6.45) is 10.5.